The van der Waals surface area contributed by atoms with Crippen LogP contribution < -0.4 is 0 Å². The Balaban J connectivity index is 2.83. The maximum Gasteiger partial charge on any atom is 0.194 e. The minimum absolute atomic E-state index is 0.722. The number of halogens is 1. The average molecular weight is 300 g/mol. The van der Waals surface area contributed by atoms with Gasteiger partial charge in [0.15, 0.2) is 15.3 Å². The van der Waals surface area contributed by atoms with Crippen LogP contribution in [0, 0.1) is 3.83 Å². The zero-order chi connectivity index (χ0) is 10.1. The van der Waals surface area contributed by atoms with E-state index in [0.29, 0.717) is 0 Å². The van der Waals surface area contributed by atoms with Crippen molar-refractivity contribution in [3.05, 3.63) is 28.0 Å². The van der Waals surface area contributed by atoms with Crippen LogP contribution in [0.1, 0.15) is 18.3 Å². The van der Waals surface area contributed by atoms with Crippen molar-refractivity contribution < 1.29 is 0 Å². The van der Waals surface area contributed by atoms with E-state index in [9.17, 15) is 0 Å². The molecule has 0 saturated carbocycles. The van der Waals surface area contributed by atoms with Crippen LogP contribution in [0.3, 0.4) is 0 Å². The summed E-state index contributed by atoms with van der Waals surface area (Å²) in [6, 6.07) is 0. The van der Waals surface area contributed by atoms with Crippen LogP contribution in [0.5, 0.6) is 0 Å². The van der Waals surface area contributed by atoms with Gasteiger partial charge in [0.05, 0.1) is 6.20 Å². The smallest absolute Gasteiger partial charge is 0.194 e. The van der Waals surface area contributed by atoms with Crippen LogP contribution in [0.4, 0.5) is 0 Å². The summed E-state index contributed by atoms with van der Waals surface area (Å²) in [5, 5.41) is 4.22. The molecule has 0 aliphatic carbocycles. The molecule has 0 aliphatic rings. The molecule has 2 aromatic rings. The van der Waals surface area contributed by atoms with Crippen molar-refractivity contribution >= 4 is 34.3 Å². The molecular formula is C9H9IN4. The Hall–Kier alpha value is -0.980. The Bertz CT molecular complexity index is 489. The van der Waals surface area contributed by atoms with Gasteiger partial charge in [-0.25, -0.2) is 9.97 Å². The zero-order valence-electron chi connectivity index (χ0n) is 7.74. The predicted molar refractivity (Wildman–Crippen MR) is 63.0 cm³/mol. The van der Waals surface area contributed by atoms with Gasteiger partial charge < -0.3 is 0 Å². The van der Waals surface area contributed by atoms with Crippen LogP contribution in [-0.4, -0.2) is 19.6 Å². The van der Waals surface area contributed by atoms with Gasteiger partial charge in [0, 0.05) is 28.2 Å². The van der Waals surface area contributed by atoms with E-state index in [-0.39, 0.29) is 0 Å². The van der Waals surface area contributed by atoms with Gasteiger partial charge in [-0.1, -0.05) is 13.5 Å². The molecule has 72 valence electrons. The van der Waals surface area contributed by atoms with Gasteiger partial charge in [-0.05, 0) is 12.5 Å². The highest BCUT2D eigenvalue weighted by atomic mass is 127. The van der Waals surface area contributed by atoms with E-state index in [1.807, 2.05) is 6.20 Å². The maximum atomic E-state index is 4.34. The molecule has 4 nitrogen and oxygen atoms in total. The van der Waals surface area contributed by atoms with Gasteiger partial charge >= 0.3 is 0 Å². The Labute approximate surface area is 95.2 Å². The second-order valence-corrected chi connectivity index (χ2v) is 3.78. The third-order valence-electron chi connectivity index (χ3n) is 2.00. The molecule has 0 amide bonds. The monoisotopic (exact) mass is 300 g/mol. The first-order valence-corrected chi connectivity index (χ1v) is 5.36. The van der Waals surface area contributed by atoms with Crippen molar-refractivity contribution in [2.45, 2.75) is 13.3 Å². The standard InChI is InChI=1S/C9H9IN4/c1-3-6-5-11-14-7(4-2)12-9(10)13-8(6)14/h4-5H,2-3H2,1H3. The van der Waals surface area contributed by atoms with Gasteiger partial charge in [0.2, 0.25) is 0 Å². The molecular weight excluding hydrogens is 291 g/mol. The van der Waals surface area contributed by atoms with Gasteiger partial charge in [0.1, 0.15) is 0 Å². The van der Waals surface area contributed by atoms with E-state index < -0.39 is 0 Å². The molecule has 0 saturated heterocycles. The minimum Gasteiger partial charge on any atom is -0.203 e. The van der Waals surface area contributed by atoms with Gasteiger partial charge in [-0.15, -0.1) is 0 Å². The minimum atomic E-state index is 0.722. The second-order valence-electron chi connectivity index (χ2n) is 2.81. The van der Waals surface area contributed by atoms with Gasteiger partial charge in [-0.2, -0.15) is 9.61 Å². The summed E-state index contributed by atoms with van der Waals surface area (Å²) in [5.41, 5.74) is 2.01. The van der Waals surface area contributed by atoms with E-state index in [4.69, 9.17) is 0 Å². The molecule has 0 aliphatic heterocycles. The van der Waals surface area contributed by atoms with E-state index in [1.165, 1.54) is 0 Å². The normalized spacial score (nSPS) is 10.7. The molecule has 0 aromatic carbocycles. The van der Waals surface area contributed by atoms with Gasteiger partial charge in [0.25, 0.3) is 0 Å². The predicted octanol–water partition coefficient (Wildman–Crippen LogP) is 1.93. The summed E-state index contributed by atoms with van der Waals surface area (Å²) < 4.78 is 2.44. The lowest BCUT2D eigenvalue weighted by atomic mass is 10.3. The summed E-state index contributed by atoms with van der Waals surface area (Å²) in [4.78, 5) is 8.57. The summed E-state index contributed by atoms with van der Waals surface area (Å²) in [5.74, 6) is 0.735. The van der Waals surface area contributed by atoms with Gasteiger partial charge in [-0.3, -0.25) is 0 Å². The lowest BCUT2D eigenvalue weighted by Gasteiger charge is -1.99. The van der Waals surface area contributed by atoms with Crippen LogP contribution >= 0.6 is 22.6 Å². The van der Waals surface area contributed by atoms with Crippen LogP contribution in [0.25, 0.3) is 11.7 Å². The fourth-order valence-corrected chi connectivity index (χ4v) is 1.77. The number of nitrogens with zero attached hydrogens (tertiary/aromatic N) is 4. The first-order chi connectivity index (χ1) is 6.76. The Morgan fingerprint density at radius 3 is 3.00 bits per heavy atom. The highest BCUT2D eigenvalue weighted by Gasteiger charge is 2.08. The van der Waals surface area contributed by atoms with Crippen molar-refractivity contribution in [2.24, 2.45) is 0 Å². The number of fused-ring (bicyclic) bond motifs is 1. The molecule has 0 radical (unpaired) electrons. The zero-order valence-corrected chi connectivity index (χ0v) is 9.89. The van der Waals surface area contributed by atoms with E-state index in [0.717, 1.165) is 27.3 Å². The number of aromatic nitrogens is 4. The third-order valence-corrected chi connectivity index (χ3v) is 2.48. The molecule has 0 unspecified atom stereocenters. The van der Waals surface area contributed by atoms with Crippen molar-refractivity contribution in [1.29, 1.82) is 0 Å². The van der Waals surface area contributed by atoms with Crippen LogP contribution in [0.15, 0.2) is 12.8 Å². The van der Waals surface area contributed by atoms with Crippen molar-refractivity contribution in [2.75, 3.05) is 0 Å². The summed E-state index contributed by atoms with van der Waals surface area (Å²) >= 11 is 2.10. The van der Waals surface area contributed by atoms with Crippen molar-refractivity contribution in [3.63, 3.8) is 0 Å². The van der Waals surface area contributed by atoms with E-state index >= 15 is 0 Å². The molecule has 0 atom stereocenters. The fraction of sp³-hybridized carbons (Fsp3) is 0.222. The molecule has 2 rings (SSSR count). The molecule has 5 heteroatoms. The highest BCUT2D eigenvalue weighted by molar-refractivity contribution is 14.1. The molecule has 2 aromatic heterocycles. The summed E-state index contributed by atoms with van der Waals surface area (Å²) in [6.07, 6.45) is 4.43. The van der Waals surface area contributed by atoms with E-state index in [1.54, 1.807) is 10.6 Å². The molecule has 0 N–H and O–H groups in total. The highest BCUT2D eigenvalue weighted by Crippen LogP contribution is 2.12. The fourth-order valence-electron chi connectivity index (χ4n) is 1.30. The lowest BCUT2D eigenvalue weighted by Crippen LogP contribution is -2.02. The molecule has 0 fully saturated rings. The van der Waals surface area contributed by atoms with Crippen LogP contribution in [0.2, 0.25) is 0 Å². The largest absolute Gasteiger partial charge is 0.203 e. The lowest BCUT2D eigenvalue weighted by molar-refractivity contribution is 0.861. The number of rotatable bonds is 2. The first-order valence-electron chi connectivity index (χ1n) is 4.29. The number of hydrogen-bond acceptors (Lipinski definition) is 3. The molecule has 0 bridgehead atoms. The Kier molecular flexibility index (Phi) is 2.49. The topological polar surface area (TPSA) is 43.1 Å². The number of hydrogen-bond donors (Lipinski definition) is 0. The Morgan fingerprint density at radius 1 is 1.57 bits per heavy atom. The Morgan fingerprint density at radius 2 is 2.36 bits per heavy atom. The first kappa shape index (κ1) is 9.57. The maximum absolute atomic E-state index is 4.34. The number of aryl methyl sites for hydroxylation is 1. The molecule has 14 heavy (non-hydrogen) atoms. The SMILES string of the molecule is C=Cc1nc(I)nc2c(CC)cnn12. The van der Waals surface area contributed by atoms with E-state index in [2.05, 4.69) is 51.2 Å². The van der Waals surface area contributed by atoms with Crippen molar-refractivity contribution in [1.82, 2.24) is 19.6 Å². The third kappa shape index (κ3) is 1.41. The summed E-state index contributed by atoms with van der Waals surface area (Å²) in [7, 11) is 0. The average Bonchev–Trinajstić information content (AvgIpc) is 2.59. The summed E-state index contributed by atoms with van der Waals surface area (Å²) in [6.45, 7) is 5.79. The molecule has 0 spiro atoms. The quantitative estimate of drug-likeness (QED) is 0.796. The molecule has 2 heterocycles. The van der Waals surface area contributed by atoms with Crippen molar-refractivity contribution in [3.8, 4) is 0 Å². The second kappa shape index (κ2) is 3.64. The van der Waals surface area contributed by atoms with Crippen LogP contribution in [-0.2, 0) is 6.42 Å².